The maximum atomic E-state index is 2.34. The van der Waals surface area contributed by atoms with Gasteiger partial charge < -0.3 is 0 Å². The molecule has 0 spiro atoms. The molecule has 0 aromatic heterocycles. The van der Waals surface area contributed by atoms with Crippen LogP contribution in [0.1, 0.15) is 0 Å². The first kappa shape index (κ1) is 22.8. The van der Waals surface area contributed by atoms with E-state index in [1.165, 1.54) is 76.5 Å². The molecule has 0 aliphatic rings. The zero-order valence-corrected chi connectivity index (χ0v) is 22.0. The minimum atomic E-state index is 1.24. The van der Waals surface area contributed by atoms with Crippen LogP contribution in [-0.2, 0) is 0 Å². The molecule has 8 aromatic rings. The molecule has 0 saturated carbocycles. The minimum absolute atomic E-state index is 1.24. The Morgan fingerprint density at radius 1 is 0.275 bits per heavy atom. The maximum absolute atomic E-state index is 2.34. The van der Waals surface area contributed by atoms with E-state index in [1.54, 1.807) is 0 Å². The molecule has 0 fully saturated rings. The molecule has 186 valence electrons. The van der Waals surface area contributed by atoms with Crippen molar-refractivity contribution in [2.45, 2.75) is 0 Å². The highest BCUT2D eigenvalue weighted by molar-refractivity contribution is 6.24. The van der Waals surface area contributed by atoms with Crippen LogP contribution in [0, 0.1) is 0 Å². The fourth-order valence-electron chi connectivity index (χ4n) is 6.48. The van der Waals surface area contributed by atoms with Crippen LogP contribution in [0.4, 0.5) is 0 Å². The summed E-state index contributed by atoms with van der Waals surface area (Å²) in [5, 5.41) is 10.2. The van der Waals surface area contributed by atoms with Gasteiger partial charge in [0.2, 0.25) is 0 Å². The van der Waals surface area contributed by atoms with Gasteiger partial charge in [-0.05, 0) is 82.5 Å². The van der Waals surface area contributed by atoms with Crippen LogP contribution in [0.5, 0.6) is 0 Å². The smallest absolute Gasteiger partial charge is 0.00199 e. The monoisotopic (exact) mass is 506 g/mol. The molecule has 8 aromatic carbocycles. The summed E-state index contributed by atoms with van der Waals surface area (Å²) in [6.07, 6.45) is 0. The number of fused-ring (bicyclic) bond motifs is 4. The van der Waals surface area contributed by atoms with E-state index >= 15 is 0 Å². The molecule has 0 aliphatic heterocycles. The van der Waals surface area contributed by atoms with Crippen molar-refractivity contribution in [2.24, 2.45) is 0 Å². The Kier molecular flexibility index (Phi) is 5.24. The van der Waals surface area contributed by atoms with Crippen molar-refractivity contribution >= 4 is 43.1 Å². The maximum Gasteiger partial charge on any atom is -0.00199 e. The SMILES string of the molecule is c1ccc(-c2cccc3cccc(-c4c5ccccc5c(-c5ccc6ccccc6c5)c5ccccc45)c23)cc1. The van der Waals surface area contributed by atoms with Crippen molar-refractivity contribution in [3.05, 3.63) is 158 Å². The molecule has 0 heterocycles. The normalized spacial score (nSPS) is 11.5. The molecule has 0 amide bonds. The summed E-state index contributed by atoms with van der Waals surface area (Å²) in [5.74, 6) is 0. The molecule has 0 atom stereocenters. The molecular weight excluding hydrogens is 480 g/mol. The number of hydrogen-bond acceptors (Lipinski definition) is 0. The molecule has 0 nitrogen and oxygen atoms in total. The average molecular weight is 507 g/mol. The van der Waals surface area contributed by atoms with Gasteiger partial charge in [-0.2, -0.15) is 0 Å². The van der Waals surface area contributed by atoms with Crippen molar-refractivity contribution in [3.8, 4) is 33.4 Å². The third-order valence-corrected chi connectivity index (χ3v) is 8.23. The van der Waals surface area contributed by atoms with Crippen LogP contribution < -0.4 is 0 Å². The van der Waals surface area contributed by atoms with E-state index in [0.29, 0.717) is 0 Å². The fraction of sp³-hybridized carbons (Fsp3) is 0. The lowest BCUT2D eigenvalue weighted by molar-refractivity contribution is 1.64. The molecule has 0 radical (unpaired) electrons. The Morgan fingerprint density at radius 2 is 0.800 bits per heavy atom. The van der Waals surface area contributed by atoms with Crippen molar-refractivity contribution in [1.29, 1.82) is 0 Å². The topological polar surface area (TPSA) is 0 Å². The third-order valence-electron chi connectivity index (χ3n) is 8.23. The Morgan fingerprint density at radius 3 is 1.48 bits per heavy atom. The van der Waals surface area contributed by atoms with E-state index in [0.717, 1.165) is 0 Å². The molecule has 0 aliphatic carbocycles. The lowest BCUT2D eigenvalue weighted by atomic mass is 9.83. The van der Waals surface area contributed by atoms with Gasteiger partial charge in [0, 0.05) is 0 Å². The van der Waals surface area contributed by atoms with Gasteiger partial charge in [0.05, 0.1) is 0 Å². The molecule has 0 unspecified atom stereocenters. The van der Waals surface area contributed by atoms with E-state index in [9.17, 15) is 0 Å². The van der Waals surface area contributed by atoms with E-state index < -0.39 is 0 Å². The Balaban J connectivity index is 1.52. The van der Waals surface area contributed by atoms with E-state index in [2.05, 4.69) is 158 Å². The standard InChI is InChI=1S/C40H26/c1-2-13-28(14-3-1)32-22-10-16-29-17-11-23-37(38(29)32)40-35-20-8-6-18-33(35)39(34-19-7-9-21-36(34)40)31-25-24-27-12-4-5-15-30(27)26-31/h1-26H. The quantitative estimate of drug-likeness (QED) is 0.209. The van der Waals surface area contributed by atoms with Crippen LogP contribution in [0.2, 0.25) is 0 Å². The molecular formula is C40H26. The zero-order valence-electron chi connectivity index (χ0n) is 22.0. The van der Waals surface area contributed by atoms with E-state index in [4.69, 9.17) is 0 Å². The number of benzene rings is 8. The van der Waals surface area contributed by atoms with Gasteiger partial charge in [0.1, 0.15) is 0 Å². The summed E-state index contributed by atoms with van der Waals surface area (Å²) in [7, 11) is 0. The van der Waals surface area contributed by atoms with Crippen molar-refractivity contribution in [3.63, 3.8) is 0 Å². The highest BCUT2D eigenvalue weighted by atomic mass is 14.2. The summed E-state index contributed by atoms with van der Waals surface area (Å²) in [6, 6.07) is 57.5. The van der Waals surface area contributed by atoms with Gasteiger partial charge in [-0.1, -0.05) is 152 Å². The molecule has 0 bridgehead atoms. The van der Waals surface area contributed by atoms with Crippen LogP contribution in [0.25, 0.3) is 76.5 Å². The Labute approximate surface area is 233 Å². The third kappa shape index (κ3) is 3.54. The van der Waals surface area contributed by atoms with Gasteiger partial charge in [-0.25, -0.2) is 0 Å². The van der Waals surface area contributed by atoms with Crippen LogP contribution in [-0.4, -0.2) is 0 Å². The first-order valence-corrected chi connectivity index (χ1v) is 13.9. The van der Waals surface area contributed by atoms with Crippen LogP contribution in [0.15, 0.2) is 158 Å². The van der Waals surface area contributed by atoms with Gasteiger partial charge in [0.15, 0.2) is 0 Å². The summed E-state index contributed by atoms with van der Waals surface area (Å²) in [4.78, 5) is 0. The van der Waals surface area contributed by atoms with Crippen LogP contribution in [0.3, 0.4) is 0 Å². The second kappa shape index (κ2) is 9.22. The second-order valence-electron chi connectivity index (χ2n) is 10.5. The first-order valence-electron chi connectivity index (χ1n) is 13.9. The van der Waals surface area contributed by atoms with Gasteiger partial charge >= 0.3 is 0 Å². The molecule has 8 rings (SSSR count). The van der Waals surface area contributed by atoms with E-state index in [1.807, 2.05) is 0 Å². The summed E-state index contributed by atoms with van der Waals surface area (Å²) in [6.45, 7) is 0. The van der Waals surface area contributed by atoms with Gasteiger partial charge in [0.25, 0.3) is 0 Å². The van der Waals surface area contributed by atoms with E-state index in [-0.39, 0.29) is 0 Å². The average Bonchev–Trinajstić information content (AvgIpc) is 3.03. The van der Waals surface area contributed by atoms with Gasteiger partial charge in [-0.15, -0.1) is 0 Å². The minimum Gasteiger partial charge on any atom is -0.0622 e. The molecule has 0 heteroatoms. The number of rotatable bonds is 3. The van der Waals surface area contributed by atoms with Crippen molar-refractivity contribution in [1.82, 2.24) is 0 Å². The predicted molar refractivity (Wildman–Crippen MR) is 173 cm³/mol. The second-order valence-corrected chi connectivity index (χ2v) is 10.5. The van der Waals surface area contributed by atoms with Crippen molar-refractivity contribution in [2.75, 3.05) is 0 Å². The summed E-state index contributed by atoms with van der Waals surface area (Å²) >= 11 is 0. The van der Waals surface area contributed by atoms with Crippen LogP contribution >= 0.6 is 0 Å². The highest BCUT2D eigenvalue weighted by Gasteiger charge is 2.19. The fourth-order valence-corrected chi connectivity index (χ4v) is 6.48. The Hall–Kier alpha value is -5.20. The zero-order chi connectivity index (χ0) is 26.5. The highest BCUT2D eigenvalue weighted by Crippen LogP contribution is 2.47. The lowest BCUT2D eigenvalue weighted by Crippen LogP contribution is -1.92. The molecule has 40 heavy (non-hydrogen) atoms. The lowest BCUT2D eigenvalue weighted by Gasteiger charge is -2.20. The van der Waals surface area contributed by atoms with Crippen molar-refractivity contribution < 1.29 is 0 Å². The first-order chi connectivity index (χ1) is 19.9. The molecule has 0 saturated heterocycles. The number of hydrogen-bond donors (Lipinski definition) is 0. The predicted octanol–water partition coefficient (Wildman–Crippen LogP) is 11.3. The largest absolute Gasteiger partial charge is 0.0622 e. The Bertz CT molecular complexity index is 2140. The summed E-state index contributed by atoms with van der Waals surface area (Å²) in [5.41, 5.74) is 7.62. The van der Waals surface area contributed by atoms with Gasteiger partial charge in [-0.3, -0.25) is 0 Å². The molecule has 0 N–H and O–H groups in total. The summed E-state index contributed by atoms with van der Waals surface area (Å²) < 4.78 is 0.